The Morgan fingerprint density at radius 3 is 2.67 bits per heavy atom. The lowest BCUT2D eigenvalue weighted by molar-refractivity contribution is -0.127. The molecule has 4 heteroatoms. The van der Waals surface area contributed by atoms with E-state index in [1.165, 1.54) is 19.3 Å². The summed E-state index contributed by atoms with van der Waals surface area (Å²) in [6.45, 7) is 1.12. The van der Waals surface area contributed by atoms with Gasteiger partial charge in [-0.15, -0.1) is 0 Å². The maximum absolute atomic E-state index is 14.3. The topological polar surface area (TPSA) is 38.3 Å². The fourth-order valence-corrected chi connectivity index (χ4v) is 3.86. The second kappa shape index (κ2) is 4.80. The van der Waals surface area contributed by atoms with Crippen LogP contribution in [0.25, 0.3) is 0 Å². The maximum Gasteiger partial charge on any atom is 0.223 e. The van der Waals surface area contributed by atoms with Crippen LogP contribution in [0.1, 0.15) is 38.5 Å². The van der Waals surface area contributed by atoms with Crippen molar-refractivity contribution in [3.8, 4) is 0 Å². The number of carbonyl (C=O) groups is 1. The van der Waals surface area contributed by atoms with Crippen molar-refractivity contribution in [2.45, 2.75) is 44.2 Å². The molecule has 3 rings (SSSR count). The first-order valence-corrected chi connectivity index (χ1v) is 7.21. The van der Waals surface area contributed by atoms with E-state index in [0.717, 1.165) is 12.3 Å². The second-order valence-electron chi connectivity index (χ2n) is 6.26. The van der Waals surface area contributed by atoms with Crippen LogP contribution in [0.5, 0.6) is 0 Å². The monoisotopic (exact) mass is 255 g/mol. The van der Waals surface area contributed by atoms with Gasteiger partial charge in [-0.1, -0.05) is 6.42 Å². The molecule has 18 heavy (non-hydrogen) atoms. The highest BCUT2D eigenvalue weighted by Crippen LogP contribution is 2.48. The highest BCUT2D eigenvalue weighted by atomic mass is 19.1. The zero-order chi connectivity index (χ0) is 12.6. The van der Waals surface area contributed by atoms with Crippen molar-refractivity contribution in [1.82, 2.24) is 5.32 Å². The van der Waals surface area contributed by atoms with E-state index < -0.39 is 5.67 Å². The fraction of sp³-hybridized carbons (Fsp3) is 0.929. The molecule has 1 amide bonds. The van der Waals surface area contributed by atoms with E-state index in [-0.39, 0.29) is 18.4 Å². The smallest absolute Gasteiger partial charge is 0.223 e. The standard InChI is InChI=1S/C14H22FNO2/c15-14(3-5-18-6-4-14)9-16-13(17)12-8-10-1-2-11(12)7-10/h10-12H,1-9H2,(H,16,17). The highest BCUT2D eigenvalue weighted by molar-refractivity contribution is 5.79. The summed E-state index contributed by atoms with van der Waals surface area (Å²) < 4.78 is 19.5. The van der Waals surface area contributed by atoms with Crippen molar-refractivity contribution >= 4 is 5.91 Å². The van der Waals surface area contributed by atoms with Crippen LogP contribution in [0.15, 0.2) is 0 Å². The minimum Gasteiger partial charge on any atom is -0.381 e. The highest BCUT2D eigenvalue weighted by Gasteiger charge is 2.43. The summed E-state index contributed by atoms with van der Waals surface area (Å²) in [6.07, 6.45) is 5.54. The molecule has 3 atom stereocenters. The van der Waals surface area contributed by atoms with E-state index in [0.29, 0.717) is 32.0 Å². The van der Waals surface area contributed by atoms with Crippen LogP contribution in [0, 0.1) is 17.8 Å². The Balaban J connectivity index is 1.49. The van der Waals surface area contributed by atoms with Crippen molar-refractivity contribution in [3.63, 3.8) is 0 Å². The predicted octanol–water partition coefficient (Wildman–Crippen LogP) is 2.06. The minimum atomic E-state index is -1.24. The van der Waals surface area contributed by atoms with Crippen molar-refractivity contribution in [3.05, 3.63) is 0 Å². The van der Waals surface area contributed by atoms with Gasteiger partial charge in [0.25, 0.3) is 0 Å². The zero-order valence-corrected chi connectivity index (χ0v) is 10.8. The molecule has 2 aliphatic carbocycles. The Hall–Kier alpha value is -0.640. The van der Waals surface area contributed by atoms with Crippen LogP contribution in [-0.2, 0) is 9.53 Å². The summed E-state index contributed by atoms with van der Waals surface area (Å²) in [5.41, 5.74) is -1.24. The summed E-state index contributed by atoms with van der Waals surface area (Å²) in [5.74, 6) is 1.58. The number of rotatable bonds is 3. The zero-order valence-electron chi connectivity index (χ0n) is 10.8. The van der Waals surface area contributed by atoms with Gasteiger partial charge in [0.15, 0.2) is 0 Å². The SMILES string of the molecule is O=C(NCC1(F)CCOCC1)C1CC2CCC1C2. The van der Waals surface area contributed by atoms with E-state index in [9.17, 15) is 9.18 Å². The number of hydrogen-bond donors (Lipinski definition) is 1. The largest absolute Gasteiger partial charge is 0.381 e. The first-order chi connectivity index (χ1) is 8.66. The van der Waals surface area contributed by atoms with Gasteiger partial charge in [-0.25, -0.2) is 4.39 Å². The summed E-state index contributed by atoms with van der Waals surface area (Å²) >= 11 is 0. The summed E-state index contributed by atoms with van der Waals surface area (Å²) in [5, 5.41) is 2.85. The third kappa shape index (κ3) is 2.40. The molecule has 2 saturated carbocycles. The van der Waals surface area contributed by atoms with Gasteiger partial charge in [0.2, 0.25) is 5.91 Å². The van der Waals surface area contributed by atoms with Gasteiger partial charge in [-0.2, -0.15) is 0 Å². The molecule has 1 aliphatic heterocycles. The Labute approximate surface area is 107 Å². The second-order valence-corrected chi connectivity index (χ2v) is 6.26. The Bertz CT molecular complexity index is 328. The normalized spacial score (nSPS) is 37.7. The molecule has 2 bridgehead atoms. The van der Waals surface area contributed by atoms with Gasteiger partial charge in [0.05, 0.1) is 6.54 Å². The van der Waals surface area contributed by atoms with E-state index in [1.54, 1.807) is 0 Å². The molecule has 0 aromatic heterocycles. The number of carbonyl (C=O) groups excluding carboxylic acids is 1. The Morgan fingerprint density at radius 2 is 2.06 bits per heavy atom. The van der Waals surface area contributed by atoms with Gasteiger partial charge >= 0.3 is 0 Å². The van der Waals surface area contributed by atoms with E-state index in [2.05, 4.69) is 5.32 Å². The number of amides is 1. The van der Waals surface area contributed by atoms with E-state index >= 15 is 0 Å². The number of ether oxygens (including phenoxy) is 1. The number of halogens is 1. The number of nitrogens with one attached hydrogen (secondary N) is 1. The van der Waals surface area contributed by atoms with Gasteiger partial charge in [0.1, 0.15) is 5.67 Å². The van der Waals surface area contributed by atoms with Gasteiger partial charge in [-0.05, 0) is 31.1 Å². The third-order valence-corrected chi connectivity index (χ3v) is 5.04. The first kappa shape index (κ1) is 12.4. The molecule has 3 nitrogen and oxygen atoms in total. The van der Waals surface area contributed by atoms with Crippen LogP contribution in [-0.4, -0.2) is 31.3 Å². The van der Waals surface area contributed by atoms with Crippen LogP contribution in [0.3, 0.4) is 0 Å². The van der Waals surface area contributed by atoms with Crippen LogP contribution in [0.2, 0.25) is 0 Å². The average molecular weight is 255 g/mol. The fourth-order valence-electron chi connectivity index (χ4n) is 3.86. The molecule has 1 N–H and O–H groups in total. The molecule has 1 saturated heterocycles. The lowest BCUT2D eigenvalue weighted by Gasteiger charge is -2.30. The van der Waals surface area contributed by atoms with Crippen LogP contribution in [0.4, 0.5) is 4.39 Å². The maximum atomic E-state index is 14.3. The molecule has 102 valence electrons. The predicted molar refractivity (Wildman–Crippen MR) is 65.8 cm³/mol. The molecular formula is C14H22FNO2. The van der Waals surface area contributed by atoms with Crippen molar-refractivity contribution in [1.29, 1.82) is 0 Å². The molecule has 0 spiro atoms. The number of fused-ring (bicyclic) bond motifs is 2. The molecule has 3 fully saturated rings. The summed E-state index contributed by atoms with van der Waals surface area (Å²) in [6, 6.07) is 0. The van der Waals surface area contributed by atoms with Gasteiger partial charge in [0, 0.05) is 32.0 Å². The third-order valence-electron chi connectivity index (χ3n) is 5.04. The quantitative estimate of drug-likeness (QED) is 0.838. The van der Waals surface area contributed by atoms with E-state index in [4.69, 9.17) is 4.74 Å². The van der Waals surface area contributed by atoms with Crippen molar-refractivity contribution in [2.24, 2.45) is 17.8 Å². The van der Waals surface area contributed by atoms with Crippen molar-refractivity contribution in [2.75, 3.05) is 19.8 Å². The lowest BCUT2D eigenvalue weighted by Crippen LogP contribution is -2.45. The van der Waals surface area contributed by atoms with Crippen molar-refractivity contribution < 1.29 is 13.9 Å². The summed E-state index contributed by atoms with van der Waals surface area (Å²) in [4.78, 5) is 12.1. The summed E-state index contributed by atoms with van der Waals surface area (Å²) in [7, 11) is 0. The molecule has 0 aromatic carbocycles. The van der Waals surface area contributed by atoms with Gasteiger partial charge < -0.3 is 10.1 Å². The molecule has 0 aromatic rings. The molecule has 1 heterocycles. The van der Waals surface area contributed by atoms with Gasteiger partial charge in [-0.3, -0.25) is 4.79 Å². The molecular weight excluding hydrogens is 233 g/mol. The lowest BCUT2D eigenvalue weighted by atomic mass is 9.88. The van der Waals surface area contributed by atoms with Crippen LogP contribution >= 0.6 is 0 Å². The number of alkyl halides is 1. The number of hydrogen-bond acceptors (Lipinski definition) is 2. The van der Waals surface area contributed by atoms with Crippen LogP contribution < -0.4 is 5.32 Å². The van der Waals surface area contributed by atoms with E-state index in [1.807, 2.05) is 0 Å². The average Bonchev–Trinajstić information content (AvgIpc) is 2.99. The first-order valence-electron chi connectivity index (χ1n) is 7.21. The molecule has 3 unspecified atom stereocenters. The molecule has 0 radical (unpaired) electrons. The minimum absolute atomic E-state index is 0.0886. The Morgan fingerprint density at radius 1 is 1.28 bits per heavy atom. The Kier molecular flexibility index (Phi) is 3.31. The molecule has 3 aliphatic rings.